The number of aromatic hydroxyl groups is 1. The maximum Gasteiger partial charge on any atom is 0.318 e. The number of amides is 1. The summed E-state index contributed by atoms with van der Waals surface area (Å²) in [6.07, 6.45) is 1.40. The summed E-state index contributed by atoms with van der Waals surface area (Å²) in [4.78, 5) is 29.4. The van der Waals surface area contributed by atoms with E-state index in [2.05, 4.69) is 25.5 Å². The molecule has 0 saturated heterocycles. The Labute approximate surface area is 153 Å². The summed E-state index contributed by atoms with van der Waals surface area (Å²) in [5.74, 6) is -1.27. The minimum Gasteiger partial charge on any atom is -0.493 e. The molecule has 0 saturated carbocycles. The zero-order valence-electron chi connectivity index (χ0n) is 13.7. The van der Waals surface area contributed by atoms with Gasteiger partial charge in [-0.25, -0.2) is 4.98 Å². The maximum absolute atomic E-state index is 12.4. The van der Waals surface area contributed by atoms with E-state index in [0.29, 0.717) is 11.3 Å². The van der Waals surface area contributed by atoms with E-state index in [0.717, 1.165) is 6.20 Å². The standard InChI is InChI=1S/C16H14N5O5P/c22-14-11(9-17-13(19-14)12-7-4-8-18-21-12)15(23)20-16(26-27(24)25)10-5-2-1-3-6-10/h1-9,16,27H,(H,20,23)(H,24,25)(H,17,19,22). The molecule has 0 aliphatic heterocycles. The Bertz CT molecular complexity index is 958. The lowest BCUT2D eigenvalue weighted by molar-refractivity contribution is 0.0819. The molecule has 0 bridgehead atoms. The van der Waals surface area contributed by atoms with Gasteiger partial charge >= 0.3 is 8.25 Å². The van der Waals surface area contributed by atoms with Gasteiger partial charge in [-0.2, -0.15) is 10.1 Å². The van der Waals surface area contributed by atoms with E-state index >= 15 is 0 Å². The van der Waals surface area contributed by atoms with Gasteiger partial charge < -0.3 is 15.3 Å². The fourth-order valence-corrected chi connectivity index (χ4v) is 2.58. The Balaban J connectivity index is 1.83. The van der Waals surface area contributed by atoms with Gasteiger partial charge in [0, 0.05) is 18.0 Å². The smallest absolute Gasteiger partial charge is 0.318 e. The van der Waals surface area contributed by atoms with Crippen molar-refractivity contribution in [3.8, 4) is 17.4 Å². The second-order valence-electron chi connectivity index (χ2n) is 5.19. The average molecular weight is 387 g/mol. The number of rotatable bonds is 6. The highest BCUT2D eigenvalue weighted by molar-refractivity contribution is 7.32. The molecule has 1 aromatic carbocycles. The van der Waals surface area contributed by atoms with Gasteiger partial charge in [-0.15, -0.1) is 5.10 Å². The summed E-state index contributed by atoms with van der Waals surface area (Å²) in [7, 11) is -3.33. The van der Waals surface area contributed by atoms with Crippen LogP contribution in [0, 0.1) is 0 Å². The van der Waals surface area contributed by atoms with Crippen LogP contribution in [0.2, 0.25) is 0 Å². The van der Waals surface area contributed by atoms with Gasteiger partial charge in [-0.05, 0) is 12.1 Å². The van der Waals surface area contributed by atoms with Crippen molar-refractivity contribution in [1.29, 1.82) is 0 Å². The van der Waals surface area contributed by atoms with Crippen LogP contribution in [-0.2, 0) is 9.09 Å². The second kappa shape index (κ2) is 8.45. The van der Waals surface area contributed by atoms with Crippen molar-refractivity contribution in [3.63, 3.8) is 0 Å². The molecule has 3 N–H and O–H groups in total. The van der Waals surface area contributed by atoms with Crippen LogP contribution < -0.4 is 5.32 Å². The lowest BCUT2D eigenvalue weighted by Crippen LogP contribution is -2.29. The fourth-order valence-electron chi connectivity index (χ4n) is 2.18. The second-order valence-corrected chi connectivity index (χ2v) is 5.96. The fraction of sp³-hybridized carbons (Fsp3) is 0.0625. The van der Waals surface area contributed by atoms with E-state index in [-0.39, 0.29) is 11.4 Å². The molecule has 2 atom stereocenters. The lowest BCUT2D eigenvalue weighted by atomic mass is 10.2. The molecule has 2 aromatic heterocycles. The van der Waals surface area contributed by atoms with Crippen LogP contribution in [0.25, 0.3) is 11.5 Å². The van der Waals surface area contributed by atoms with Crippen LogP contribution >= 0.6 is 8.25 Å². The first-order valence-electron chi connectivity index (χ1n) is 7.64. The summed E-state index contributed by atoms with van der Waals surface area (Å²) >= 11 is 0. The number of hydrogen-bond donors (Lipinski definition) is 3. The van der Waals surface area contributed by atoms with Crippen LogP contribution in [0.1, 0.15) is 22.1 Å². The molecule has 3 rings (SSSR count). The molecule has 2 unspecified atom stereocenters. The van der Waals surface area contributed by atoms with Crippen LogP contribution in [-0.4, -0.2) is 36.1 Å². The Morgan fingerprint density at radius 3 is 2.59 bits per heavy atom. The first-order chi connectivity index (χ1) is 13.0. The molecule has 0 aliphatic rings. The van der Waals surface area contributed by atoms with Gasteiger partial charge in [0.15, 0.2) is 12.1 Å². The first-order valence-corrected chi connectivity index (χ1v) is 8.90. The monoisotopic (exact) mass is 387 g/mol. The van der Waals surface area contributed by atoms with Crippen molar-refractivity contribution in [1.82, 2.24) is 25.5 Å². The third-order valence-corrected chi connectivity index (χ3v) is 3.84. The number of nitrogens with one attached hydrogen (secondary N) is 1. The van der Waals surface area contributed by atoms with Crippen molar-refractivity contribution >= 4 is 14.2 Å². The van der Waals surface area contributed by atoms with Crippen LogP contribution in [0.4, 0.5) is 0 Å². The largest absolute Gasteiger partial charge is 0.493 e. The average Bonchev–Trinajstić information content (AvgIpc) is 2.68. The SMILES string of the molecule is O=C(NC(O[PH](=O)O)c1ccccc1)c1cnc(-c2cccnn2)nc1O. The number of aromatic nitrogens is 4. The summed E-state index contributed by atoms with van der Waals surface area (Å²) in [5.41, 5.74) is 0.545. The minimum absolute atomic E-state index is 0.0911. The molecule has 0 radical (unpaired) electrons. The van der Waals surface area contributed by atoms with E-state index in [1.807, 2.05) is 0 Å². The van der Waals surface area contributed by atoms with Gasteiger partial charge in [-0.3, -0.25) is 13.9 Å². The normalized spacial score (nSPS) is 12.9. The highest BCUT2D eigenvalue weighted by atomic mass is 31.1. The molecule has 0 spiro atoms. The molecule has 1 amide bonds. The van der Waals surface area contributed by atoms with Crippen LogP contribution in [0.15, 0.2) is 54.9 Å². The van der Waals surface area contributed by atoms with E-state index in [1.54, 1.807) is 42.5 Å². The van der Waals surface area contributed by atoms with Crippen LogP contribution in [0.5, 0.6) is 5.88 Å². The van der Waals surface area contributed by atoms with Crippen molar-refractivity contribution in [2.24, 2.45) is 0 Å². The molecular weight excluding hydrogens is 373 g/mol. The van der Waals surface area contributed by atoms with E-state index in [4.69, 9.17) is 9.42 Å². The van der Waals surface area contributed by atoms with E-state index in [9.17, 15) is 14.5 Å². The molecule has 10 nitrogen and oxygen atoms in total. The number of hydrogen-bond acceptors (Lipinski definition) is 8. The van der Waals surface area contributed by atoms with Gasteiger partial charge in [0.05, 0.1) is 0 Å². The molecule has 138 valence electrons. The summed E-state index contributed by atoms with van der Waals surface area (Å²) in [6, 6.07) is 11.6. The third-order valence-electron chi connectivity index (χ3n) is 3.40. The summed E-state index contributed by atoms with van der Waals surface area (Å²) in [5, 5.41) is 20.0. The number of nitrogens with zero attached hydrogens (tertiary/aromatic N) is 4. The molecule has 2 heterocycles. The molecule has 0 aliphatic carbocycles. The number of benzene rings is 1. The Kier molecular flexibility index (Phi) is 5.82. The maximum atomic E-state index is 12.4. The number of carbonyl (C=O) groups is 1. The Morgan fingerprint density at radius 1 is 1.19 bits per heavy atom. The predicted octanol–water partition coefficient (Wildman–Crippen LogP) is 1.47. The quantitative estimate of drug-likeness (QED) is 0.422. The van der Waals surface area contributed by atoms with E-state index < -0.39 is 26.3 Å². The molecule has 0 fully saturated rings. The van der Waals surface area contributed by atoms with Gasteiger partial charge in [0.1, 0.15) is 11.3 Å². The Hall–Kier alpha value is -3.20. The van der Waals surface area contributed by atoms with Crippen molar-refractivity contribution < 1.29 is 23.9 Å². The summed E-state index contributed by atoms with van der Waals surface area (Å²) in [6.45, 7) is 0. The molecule has 11 heteroatoms. The van der Waals surface area contributed by atoms with Crippen molar-refractivity contribution in [3.05, 3.63) is 66.0 Å². The Morgan fingerprint density at radius 2 is 1.96 bits per heavy atom. The summed E-state index contributed by atoms with van der Waals surface area (Å²) < 4.78 is 16.0. The van der Waals surface area contributed by atoms with Crippen LogP contribution in [0.3, 0.4) is 0 Å². The predicted molar refractivity (Wildman–Crippen MR) is 93.7 cm³/mol. The molecule has 27 heavy (non-hydrogen) atoms. The highest BCUT2D eigenvalue weighted by Gasteiger charge is 2.21. The van der Waals surface area contributed by atoms with Gasteiger partial charge in [0.25, 0.3) is 5.91 Å². The van der Waals surface area contributed by atoms with E-state index in [1.165, 1.54) is 6.20 Å². The zero-order valence-corrected chi connectivity index (χ0v) is 14.7. The highest BCUT2D eigenvalue weighted by Crippen LogP contribution is 2.27. The third kappa shape index (κ3) is 4.70. The van der Waals surface area contributed by atoms with Gasteiger partial charge in [0.2, 0.25) is 5.88 Å². The number of carbonyl (C=O) groups excluding carboxylic acids is 1. The zero-order chi connectivity index (χ0) is 19.2. The van der Waals surface area contributed by atoms with Crippen molar-refractivity contribution in [2.75, 3.05) is 0 Å². The van der Waals surface area contributed by atoms with Gasteiger partial charge in [-0.1, -0.05) is 30.3 Å². The topological polar surface area (TPSA) is 147 Å². The lowest BCUT2D eigenvalue weighted by Gasteiger charge is -2.18. The molecular formula is C16H14N5O5P. The van der Waals surface area contributed by atoms with Crippen molar-refractivity contribution in [2.45, 2.75) is 6.23 Å². The molecule has 3 aromatic rings. The first kappa shape index (κ1) is 18.6. The minimum atomic E-state index is -3.33.